The summed E-state index contributed by atoms with van der Waals surface area (Å²) >= 11 is 7.22. The first kappa shape index (κ1) is 24.2. The third-order valence-corrected chi connectivity index (χ3v) is 4.80. The molecule has 12 heteroatoms. The number of halogens is 1. The first-order chi connectivity index (χ1) is 14.8. The Kier molecular flexibility index (Phi) is 8.88. The third-order valence-electron chi connectivity index (χ3n) is 3.62. The van der Waals surface area contributed by atoms with E-state index in [-0.39, 0.29) is 33.2 Å². The number of methoxy groups -OCH3 is 2. The number of nitrogens with zero attached hydrogens (tertiary/aromatic N) is 2. The van der Waals surface area contributed by atoms with Crippen LogP contribution in [0.25, 0.3) is 0 Å². The fraction of sp³-hybridized carbons (Fsp3) is 0.316. The molecule has 1 N–H and O–H groups in total. The molecule has 0 saturated carbocycles. The molecule has 1 unspecified atom stereocenters. The van der Waals surface area contributed by atoms with Gasteiger partial charge in [-0.05, 0) is 37.7 Å². The molecule has 1 aromatic rings. The lowest BCUT2D eigenvalue weighted by atomic mass is 10.2. The fourth-order valence-electron chi connectivity index (χ4n) is 2.20. The molecule has 1 saturated heterocycles. The molecule has 10 nitrogen and oxygen atoms in total. The smallest absolute Gasteiger partial charge is 0.347 e. The van der Waals surface area contributed by atoms with Gasteiger partial charge in [0.05, 0.1) is 37.0 Å². The molecule has 1 aromatic carbocycles. The van der Waals surface area contributed by atoms with Crippen molar-refractivity contribution in [3.05, 3.63) is 33.7 Å². The third kappa shape index (κ3) is 6.72. The number of rotatable bonds is 8. The van der Waals surface area contributed by atoms with Crippen LogP contribution in [0.3, 0.4) is 0 Å². The van der Waals surface area contributed by atoms with Crippen molar-refractivity contribution in [2.24, 2.45) is 10.2 Å². The van der Waals surface area contributed by atoms with Gasteiger partial charge in [-0.2, -0.15) is 5.10 Å². The fourth-order valence-corrected chi connectivity index (χ4v) is 3.20. The van der Waals surface area contributed by atoms with E-state index in [2.05, 4.69) is 20.3 Å². The van der Waals surface area contributed by atoms with Crippen molar-refractivity contribution in [3.63, 3.8) is 0 Å². The van der Waals surface area contributed by atoms with Gasteiger partial charge in [0.15, 0.2) is 22.8 Å². The lowest BCUT2D eigenvalue weighted by Crippen LogP contribution is -2.26. The minimum atomic E-state index is -0.882. The van der Waals surface area contributed by atoms with Crippen molar-refractivity contribution in [3.8, 4) is 11.5 Å². The van der Waals surface area contributed by atoms with Crippen LogP contribution in [-0.4, -0.2) is 56.2 Å². The lowest BCUT2D eigenvalue weighted by molar-refractivity contribution is -0.150. The van der Waals surface area contributed by atoms with Gasteiger partial charge in [0.25, 0.3) is 5.91 Å². The second-order valence-electron chi connectivity index (χ2n) is 5.78. The zero-order chi connectivity index (χ0) is 23.0. The summed E-state index contributed by atoms with van der Waals surface area (Å²) in [5, 5.41) is 10.7. The molecule has 1 aliphatic rings. The number of amidine groups is 1. The van der Waals surface area contributed by atoms with Crippen LogP contribution >= 0.6 is 23.4 Å². The van der Waals surface area contributed by atoms with E-state index in [9.17, 15) is 14.4 Å². The highest BCUT2D eigenvalue weighted by Crippen LogP contribution is 2.37. The first-order valence-corrected chi connectivity index (χ1v) is 10.1. The Balaban J connectivity index is 2.15. The number of nitrogens with one attached hydrogen (secondary N) is 1. The average molecular weight is 470 g/mol. The van der Waals surface area contributed by atoms with Crippen molar-refractivity contribution in [2.45, 2.75) is 20.0 Å². The van der Waals surface area contributed by atoms with Gasteiger partial charge in [-0.1, -0.05) is 11.6 Å². The second-order valence-corrected chi connectivity index (χ2v) is 7.22. The standard InChI is InChI=1S/C19H20ClN3O7S/c1-5-29-18(26)10(2)30-16-12(20)6-11(7-13(16)27-3)9-21-23-19-22-17(25)14(31-19)8-15(24)28-4/h6-10H,5H2,1-4H3,(H,22,23,25)/b14-8+,21-9?. The second kappa shape index (κ2) is 11.4. The Morgan fingerprint density at radius 1 is 1.32 bits per heavy atom. The van der Waals surface area contributed by atoms with Crippen LogP contribution < -0.4 is 14.8 Å². The number of thioether (sulfide) groups is 1. The van der Waals surface area contributed by atoms with Crippen LogP contribution in [0.4, 0.5) is 0 Å². The van der Waals surface area contributed by atoms with Crippen molar-refractivity contribution in [2.75, 3.05) is 20.8 Å². The van der Waals surface area contributed by atoms with E-state index in [1.807, 2.05) is 0 Å². The molecule has 1 atom stereocenters. The van der Waals surface area contributed by atoms with Gasteiger partial charge in [-0.25, -0.2) is 9.59 Å². The molecule has 166 valence electrons. The molecule has 1 heterocycles. The number of carbonyl (C=O) groups excluding carboxylic acids is 3. The largest absolute Gasteiger partial charge is 0.493 e. The normalized spacial score (nSPS) is 17.0. The maximum atomic E-state index is 11.8. The first-order valence-electron chi connectivity index (χ1n) is 8.89. The molecule has 0 radical (unpaired) electrons. The summed E-state index contributed by atoms with van der Waals surface area (Å²) < 4.78 is 20.3. The van der Waals surface area contributed by atoms with Gasteiger partial charge in [0.2, 0.25) is 0 Å². The summed E-state index contributed by atoms with van der Waals surface area (Å²) in [6.07, 6.45) is 1.56. The monoisotopic (exact) mass is 469 g/mol. The maximum Gasteiger partial charge on any atom is 0.347 e. The quantitative estimate of drug-likeness (QED) is 0.266. The summed E-state index contributed by atoms with van der Waals surface area (Å²) in [6, 6.07) is 3.13. The molecule has 1 fully saturated rings. The number of hydrogen-bond donors (Lipinski definition) is 1. The summed E-state index contributed by atoms with van der Waals surface area (Å²) in [5.41, 5.74) is 0.530. The van der Waals surface area contributed by atoms with Crippen molar-refractivity contribution < 1.29 is 33.3 Å². The van der Waals surface area contributed by atoms with Crippen LogP contribution in [0.2, 0.25) is 5.02 Å². The highest BCUT2D eigenvalue weighted by molar-refractivity contribution is 8.18. The Morgan fingerprint density at radius 2 is 2.06 bits per heavy atom. The summed E-state index contributed by atoms with van der Waals surface area (Å²) in [4.78, 5) is 35.0. The van der Waals surface area contributed by atoms with E-state index in [1.165, 1.54) is 27.4 Å². The predicted molar refractivity (Wildman–Crippen MR) is 116 cm³/mol. The lowest BCUT2D eigenvalue weighted by Gasteiger charge is -2.17. The maximum absolute atomic E-state index is 11.8. The summed E-state index contributed by atoms with van der Waals surface area (Å²) in [7, 11) is 2.64. The molecular weight excluding hydrogens is 450 g/mol. The number of benzene rings is 1. The van der Waals surface area contributed by atoms with Crippen molar-refractivity contribution >= 4 is 52.6 Å². The Labute approximate surface area is 187 Å². The van der Waals surface area contributed by atoms with E-state index in [4.69, 9.17) is 25.8 Å². The molecular formula is C19H20ClN3O7S. The van der Waals surface area contributed by atoms with Gasteiger partial charge in [-0.15, -0.1) is 5.10 Å². The minimum Gasteiger partial charge on any atom is -0.493 e. The highest BCUT2D eigenvalue weighted by Gasteiger charge is 2.25. The van der Waals surface area contributed by atoms with Gasteiger partial charge >= 0.3 is 11.9 Å². The van der Waals surface area contributed by atoms with Gasteiger partial charge in [0, 0.05) is 11.6 Å². The van der Waals surface area contributed by atoms with Crippen LogP contribution in [0.5, 0.6) is 11.5 Å². The van der Waals surface area contributed by atoms with E-state index in [0.717, 1.165) is 17.8 Å². The van der Waals surface area contributed by atoms with Gasteiger partial charge < -0.3 is 18.9 Å². The van der Waals surface area contributed by atoms with Gasteiger partial charge in [0.1, 0.15) is 0 Å². The van der Waals surface area contributed by atoms with Crippen molar-refractivity contribution in [1.82, 2.24) is 5.32 Å². The number of hydrogen-bond acceptors (Lipinski definition) is 10. The Hall–Kier alpha value is -3.05. The SMILES string of the molecule is CCOC(=O)C(C)Oc1c(Cl)cc(C=N/N=C2/NC(=O)/C(=C\C(=O)OC)S2)cc1OC. The van der Waals surface area contributed by atoms with Gasteiger partial charge in [-0.3, -0.25) is 10.1 Å². The Bertz CT molecular complexity index is 962. The molecule has 0 aliphatic carbocycles. The van der Waals surface area contributed by atoms with Crippen molar-refractivity contribution in [1.29, 1.82) is 0 Å². The van der Waals surface area contributed by atoms with Crippen LogP contribution in [0.1, 0.15) is 19.4 Å². The molecule has 0 aromatic heterocycles. The molecule has 2 rings (SSSR count). The molecule has 0 bridgehead atoms. The number of amides is 1. The van der Waals surface area contributed by atoms with E-state index < -0.39 is 23.9 Å². The molecule has 0 spiro atoms. The highest BCUT2D eigenvalue weighted by atomic mass is 35.5. The number of ether oxygens (including phenoxy) is 4. The van der Waals surface area contributed by atoms with E-state index in [1.54, 1.807) is 19.1 Å². The number of esters is 2. The van der Waals surface area contributed by atoms with E-state index in [0.29, 0.717) is 5.56 Å². The molecule has 1 aliphatic heterocycles. The average Bonchev–Trinajstić information content (AvgIpc) is 3.08. The van der Waals surface area contributed by atoms with Crippen LogP contribution in [0.15, 0.2) is 33.3 Å². The summed E-state index contributed by atoms with van der Waals surface area (Å²) in [6.45, 7) is 3.46. The zero-order valence-corrected chi connectivity index (χ0v) is 18.7. The van der Waals surface area contributed by atoms with Crippen LogP contribution in [-0.2, 0) is 23.9 Å². The summed E-state index contributed by atoms with van der Waals surface area (Å²) in [5.74, 6) is -1.19. The zero-order valence-electron chi connectivity index (χ0n) is 17.1. The van der Waals surface area contributed by atoms with E-state index >= 15 is 0 Å². The number of carbonyl (C=O) groups is 3. The molecule has 31 heavy (non-hydrogen) atoms. The minimum absolute atomic E-state index is 0.141. The Morgan fingerprint density at radius 3 is 2.71 bits per heavy atom. The molecule has 1 amide bonds. The topological polar surface area (TPSA) is 125 Å². The van der Waals surface area contributed by atoms with Crippen LogP contribution in [0, 0.1) is 0 Å². The predicted octanol–water partition coefficient (Wildman–Crippen LogP) is 2.29.